The number of fused-ring (bicyclic) bond motifs is 2. The average Bonchev–Trinajstić information content (AvgIpc) is 3.88. The molecule has 7 rings (SSSR count). The fraction of sp³-hybridized carbons (Fsp3) is 0.268. The summed E-state index contributed by atoms with van der Waals surface area (Å²) in [4.78, 5) is 38.2. The van der Waals surface area contributed by atoms with Crippen molar-refractivity contribution in [1.29, 1.82) is 0 Å². The van der Waals surface area contributed by atoms with Crippen LogP contribution >= 0.6 is 34.4 Å². The zero-order valence-corrected chi connectivity index (χ0v) is 37.1. The molecule has 4 aromatic carbocycles. The van der Waals surface area contributed by atoms with Gasteiger partial charge in [0.2, 0.25) is 0 Å². The van der Waals surface area contributed by atoms with Gasteiger partial charge >= 0.3 is 5.51 Å². The van der Waals surface area contributed by atoms with Gasteiger partial charge in [-0.2, -0.15) is 13.2 Å². The Kier molecular flexibility index (Phi) is 13.4. The third-order valence-corrected chi connectivity index (χ3v) is 16.0. The molecule has 0 fully saturated rings. The minimum absolute atomic E-state index is 0.209. The third kappa shape index (κ3) is 10.3. The minimum Gasteiger partial charge on any atom is -0.380 e. The van der Waals surface area contributed by atoms with E-state index in [-0.39, 0.29) is 12.2 Å². The van der Waals surface area contributed by atoms with Crippen molar-refractivity contribution < 1.29 is 44.0 Å². The molecule has 21 heteroatoms. The van der Waals surface area contributed by atoms with Crippen LogP contribution in [0, 0.1) is 5.82 Å². The first-order valence-corrected chi connectivity index (χ1v) is 24.7. The fourth-order valence-electron chi connectivity index (χ4n) is 6.65. The molecule has 0 spiro atoms. The van der Waals surface area contributed by atoms with Gasteiger partial charge in [-0.1, -0.05) is 41.7 Å². The van der Waals surface area contributed by atoms with Crippen molar-refractivity contribution in [3.8, 4) is 0 Å². The van der Waals surface area contributed by atoms with Crippen LogP contribution in [0.2, 0.25) is 0 Å². The lowest BCUT2D eigenvalue weighted by Crippen LogP contribution is -2.32. The Balaban J connectivity index is 1.08. The van der Waals surface area contributed by atoms with Crippen molar-refractivity contribution in [2.45, 2.75) is 45.6 Å². The summed E-state index contributed by atoms with van der Waals surface area (Å²) >= 11 is 3.62. The Hall–Kier alpha value is -4.93. The van der Waals surface area contributed by atoms with E-state index in [1.807, 2.05) is 60.3 Å². The molecule has 62 heavy (non-hydrogen) atoms. The standard InChI is InChI=1S/C41H38F4N6O6S5/c1-50(2)17-16-27(22-58-28-8-4-3-5-9-28)46-33-14-12-29(20-37(33)62(56,57)41(43,44)45)61(54,55)24-35(52)34-23-59-40(48-34)51-18-15-25-7-6-10-30(31(25)21-51)38(53)49-39-47-32-13-11-26(42)19-36(32)60-39/h3-14,19-20,23,27,46H,15-18,21-22,24H2,1-2H3,(H,47,49,53)/t27-/m1/s1. The number of hydrogen-bond donors (Lipinski definition) is 2. The lowest BCUT2D eigenvalue weighted by Gasteiger charge is -2.29. The number of anilines is 3. The predicted molar refractivity (Wildman–Crippen MR) is 235 cm³/mol. The summed E-state index contributed by atoms with van der Waals surface area (Å²) in [5.74, 6) is -2.65. The molecule has 1 aliphatic heterocycles. The number of aromatic nitrogens is 2. The SMILES string of the molecule is CN(C)CC[C@H](CSc1ccccc1)Nc1ccc(S(=O)(=O)CC(=O)c2csc(N3CCc4cccc(C(=O)Nc5nc6ccc(F)cc6s5)c4C3)n2)cc1S(=O)(=O)C(F)(F)F. The molecule has 1 amide bonds. The number of sulfone groups is 2. The van der Waals surface area contributed by atoms with Crippen LogP contribution in [0.25, 0.3) is 10.2 Å². The lowest BCUT2D eigenvalue weighted by molar-refractivity contribution is -0.0435. The van der Waals surface area contributed by atoms with Crippen LogP contribution in [0.3, 0.4) is 0 Å². The van der Waals surface area contributed by atoms with E-state index in [4.69, 9.17) is 0 Å². The van der Waals surface area contributed by atoms with Gasteiger partial charge in [-0.25, -0.2) is 31.2 Å². The summed E-state index contributed by atoms with van der Waals surface area (Å²) in [6.45, 7) is 1.20. The number of carbonyl (C=O) groups excluding carboxylic acids is 2. The molecular formula is C41H38F4N6O6S5. The Labute approximate surface area is 367 Å². The molecule has 0 radical (unpaired) electrons. The summed E-state index contributed by atoms with van der Waals surface area (Å²) in [5, 5.41) is 7.74. The summed E-state index contributed by atoms with van der Waals surface area (Å²) in [5.41, 5.74) is -3.86. The van der Waals surface area contributed by atoms with Gasteiger partial charge in [-0.15, -0.1) is 23.1 Å². The molecule has 12 nitrogen and oxygen atoms in total. The van der Waals surface area contributed by atoms with Gasteiger partial charge in [0.15, 0.2) is 25.9 Å². The van der Waals surface area contributed by atoms with Crippen LogP contribution in [0.1, 0.15) is 38.4 Å². The monoisotopic (exact) mass is 946 g/mol. The van der Waals surface area contributed by atoms with Gasteiger partial charge in [-0.3, -0.25) is 14.9 Å². The second-order valence-electron chi connectivity index (χ2n) is 14.6. The number of rotatable bonds is 16. The van der Waals surface area contributed by atoms with Gasteiger partial charge in [0.25, 0.3) is 15.7 Å². The van der Waals surface area contributed by atoms with Gasteiger partial charge in [0, 0.05) is 40.7 Å². The highest BCUT2D eigenvalue weighted by Crippen LogP contribution is 2.37. The first-order valence-electron chi connectivity index (χ1n) is 18.9. The zero-order valence-electron chi connectivity index (χ0n) is 33.0. The van der Waals surface area contributed by atoms with Crippen LogP contribution in [0.5, 0.6) is 0 Å². The van der Waals surface area contributed by atoms with Crippen molar-refractivity contribution in [1.82, 2.24) is 14.9 Å². The van der Waals surface area contributed by atoms with E-state index in [0.29, 0.717) is 69.4 Å². The molecule has 1 atom stereocenters. The van der Waals surface area contributed by atoms with Crippen LogP contribution in [0.15, 0.2) is 105 Å². The largest absolute Gasteiger partial charge is 0.501 e. The van der Waals surface area contributed by atoms with Crippen molar-refractivity contribution in [3.05, 3.63) is 119 Å². The number of hydrogen-bond acceptors (Lipinski definition) is 14. The van der Waals surface area contributed by atoms with E-state index in [2.05, 4.69) is 20.6 Å². The number of ketones is 1. The van der Waals surface area contributed by atoms with Crippen molar-refractivity contribution in [2.75, 3.05) is 54.2 Å². The highest BCUT2D eigenvalue weighted by molar-refractivity contribution is 7.99. The van der Waals surface area contributed by atoms with E-state index in [9.17, 15) is 44.0 Å². The molecule has 6 aromatic rings. The Morgan fingerprint density at radius 2 is 1.74 bits per heavy atom. The topological polar surface area (TPSA) is 159 Å². The van der Waals surface area contributed by atoms with Crippen molar-refractivity contribution >= 4 is 92.0 Å². The molecular weight excluding hydrogens is 909 g/mol. The summed E-state index contributed by atoms with van der Waals surface area (Å²) < 4.78 is 110. The number of thioether (sulfide) groups is 1. The zero-order chi connectivity index (χ0) is 44.4. The van der Waals surface area contributed by atoms with E-state index in [1.54, 1.807) is 12.1 Å². The molecule has 0 bridgehead atoms. The van der Waals surface area contributed by atoms with Crippen molar-refractivity contribution in [2.24, 2.45) is 0 Å². The van der Waals surface area contributed by atoms with Gasteiger partial charge in [0.1, 0.15) is 22.2 Å². The number of nitrogens with one attached hydrogen (secondary N) is 2. The maximum Gasteiger partial charge on any atom is 0.501 e. The smallest absolute Gasteiger partial charge is 0.380 e. The summed E-state index contributed by atoms with van der Waals surface area (Å²) in [6, 6.07) is 20.6. The third-order valence-electron chi connectivity index (χ3n) is 9.84. The molecule has 2 N–H and O–H groups in total. The van der Waals surface area contributed by atoms with Gasteiger partial charge < -0.3 is 15.1 Å². The van der Waals surface area contributed by atoms with Gasteiger partial charge in [0.05, 0.1) is 20.8 Å². The van der Waals surface area contributed by atoms with Crippen LogP contribution < -0.4 is 15.5 Å². The van der Waals surface area contributed by atoms with E-state index in [1.165, 1.54) is 35.3 Å². The minimum atomic E-state index is -6.06. The highest BCUT2D eigenvalue weighted by Gasteiger charge is 2.48. The number of amides is 1. The first kappa shape index (κ1) is 45.1. The molecule has 3 heterocycles. The molecule has 1 aliphatic rings. The Morgan fingerprint density at radius 3 is 2.48 bits per heavy atom. The Morgan fingerprint density at radius 1 is 0.968 bits per heavy atom. The maximum atomic E-state index is 14.1. The number of thiazole rings is 2. The Bertz CT molecular complexity index is 2850. The molecule has 326 valence electrons. The molecule has 0 saturated heterocycles. The van der Waals surface area contributed by atoms with Crippen LogP contribution in [-0.2, 0) is 32.6 Å². The number of carbonyl (C=O) groups is 2. The first-order chi connectivity index (χ1) is 29.4. The second kappa shape index (κ2) is 18.4. The maximum absolute atomic E-state index is 14.1. The van der Waals surface area contributed by atoms with E-state index >= 15 is 0 Å². The van der Waals surface area contributed by atoms with E-state index < -0.39 is 70.0 Å². The van der Waals surface area contributed by atoms with Crippen LogP contribution in [0.4, 0.5) is 33.5 Å². The number of benzene rings is 4. The molecule has 2 aromatic heterocycles. The summed E-state index contributed by atoms with van der Waals surface area (Å²) in [7, 11) is -7.12. The fourth-order valence-corrected chi connectivity index (χ4v) is 11.6. The molecule has 0 aliphatic carbocycles. The van der Waals surface area contributed by atoms with Crippen LogP contribution in [-0.4, -0.2) is 93.6 Å². The van der Waals surface area contributed by atoms with E-state index in [0.717, 1.165) is 45.3 Å². The highest BCUT2D eigenvalue weighted by atomic mass is 32.2. The second-order valence-corrected chi connectivity index (χ2v) is 21.4. The lowest BCUT2D eigenvalue weighted by atomic mass is 9.94. The predicted octanol–water partition coefficient (Wildman–Crippen LogP) is 8.18. The van der Waals surface area contributed by atoms with Gasteiger partial charge in [-0.05, 0) is 99.2 Å². The normalized spacial score (nSPS) is 13.9. The number of nitrogens with zero attached hydrogens (tertiary/aromatic N) is 4. The number of alkyl halides is 3. The molecule has 0 saturated carbocycles. The quantitative estimate of drug-likeness (QED) is 0.0546. The number of halogens is 4. The average molecular weight is 947 g/mol. The van der Waals surface area contributed by atoms with Crippen molar-refractivity contribution in [3.63, 3.8) is 0 Å². The molecule has 0 unspecified atom stereocenters. The number of Topliss-reactive ketones (excluding diaryl/α,β-unsaturated/α-hetero) is 1. The summed E-state index contributed by atoms with van der Waals surface area (Å²) in [6.07, 6.45) is 0.933.